The first-order valence-corrected chi connectivity index (χ1v) is 8.30. The molecule has 1 saturated heterocycles. The number of sulfonamides is 1. The van der Waals surface area contributed by atoms with Crippen LogP contribution >= 0.6 is 0 Å². The number of hydrogen-bond acceptors (Lipinski definition) is 4. The summed E-state index contributed by atoms with van der Waals surface area (Å²) in [6.07, 6.45) is -3.30. The fraction of sp³-hybridized carbons (Fsp3) is 0.538. The van der Waals surface area contributed by atoms with Crippen molar-refractivity contribution in [3.05, 3.63) is 24.0 Å². The molecule has 1 aliphatic rings. The van der Waals surface area contributed by atoms with E-state index in [1.54, 1.807) is 0 Å². The first kappa shape index (κ1) is 17.7. The van der Waals surface area contributed by atoms with Gasteiger partial charge in [0.25, 0.3) is 0 Å². The Bertz CT molecular complexity index is 691. The second-order valence-electron chi connectivity index (χ2n) is 5.32. The fourth-order valence-corrected chi connectivity index (χ4v) is 4.33. The van der Waals surface area contributed by atoms with Crippen LogP contribution in [0.25, 0.3) is 0 Å². The Kier molecular flexibility index (Phi) is 4.95. The van der Waals surface area contributed by atoms with Crippen LogP contribution in [-0.4, -0.2) is 41.9 Å². The van der Waals surface area contributed by atoms with E-state index in [-0.39, 0.29) is 19.5 Å². The van der Waals surface area contributed by atoms with Crippen LogP contribution in [0.5, 0.6) is 0 Å². The van der Waals surface area contributed by atoms with Crippen LogP contribution in [0, 0.1) is 5.92 Å². The zero-order valence-electron chi connectivity index (χ0n) is 12.0. The highest BCUT2D eigenvalue weighted by molar-refractivity contribution is 7.89. The third-order valence-electron chi connectivity index (χ3n) is 3.60. The molecule has 1 unspecified atom stereocenters. The molecule has 1 aliphatic heterocycles. The molecule has 0 radical (unpaired) electrons. The van der Waals surface area contributed by atoms with Gasteiger partial charge in [-0.15, -0.1) is 0 Å². The number of nitrogens with zero attached hydrogens (tertiary/aromatic N) is 2. The van der Waals surface area contributed by atoms with E-state index in [0.29, 0.717) is 12.8 Å². The Labute approximate surface area is 131 Å². The van der Waals surface area contributed by atoms with Gasteiger partial charge in [-0.25, -0.2) is 8.42 Å². The average Bonchev–Trinajstić information content (AvgIpc) is 2.46. The Morgan fingerprint density at radius 1 is 1.43 bits per heavy atom. The number of halogens is 3. The predicted octanol–water partition coefficient (Wildman–Crippen LogP) is 1.98. The quantitative estimate of drug-likeness (QED) is 0.895. The van der Waals surface area contributed by atoms with Crippen molar-refractivity contribution in [2.24, 2.45) is 5.92 Å². The van der Waals surface area contributed by atoms with Gasteiger partial charge in [0, 0.05) is 25.7 Å². The van der Waals surface area contributed by atoms with Gasteiger partial charge in [-0.05, 0) is 30.9 Å². The average molecular weight is 352 g/mol. The minimum atomic E-state index is -4.89. The number of rotatable bonds is 4. The first-order chi connectivity index (χ1) is 10.6. The molecule has 2 heterocycles. The number of carbonyl (C=O) groups is 1. The summed E-state index contributed by atoms with van der Waals surface area (Å²) in [6, 6.07) is 1.99. The van der Waals surface area contributed by atoms with E-state index >= 15 is 0 Å². The molecule has 6 nitrogen and oxygen atoms in total. The molecule has 0 spiro atoms. The maximum atomic E-state index is 13.0. The van der Waals surface area contributed by atoms with E-state index in [9.17, 15) is 26.4 Å². The summed E-state index contributed by atoms with van der Waals surface area (Å²) >= 11 is 0. The Morgan fingerprint density at radius 3 is 2.74 bits per heavy atom. The lowest BCUT2D eigenvalue weighted by molar-refractivity contribution is -0.143. The standard InChI is InChI=1S/C13H15F3N2O4S/c14-13(15,16)12-10(4-1-5-17-12)23(21,22)18-6-2-3-9(8-18)7-11(19)20/h1,4-5,9H,2-3,6-8H2,(H,19,20). The third kappa shape index (κ3) is 3.99. The van der Waals surface area contributed by atoms with Crippen LogP contribution in [-0.2, 0) is 21.0 Å². The van der Waals surface area contributed by atoms with Crippen LogP contribution in [0.15, 0.2) is 23.2 Å². The summed E-state index contributed by atoms with van der Waals surface area (Å²) < 4.78 is 64.9. The van der Waals surface area contributed by atoms with Gasteiger partial charge in [-0.3, -0.25) is 9.78 Å². The molecule has 1 fully saturated rings. The molecular formula is C13H15F3N2O4S. The highest BCUT2D eigenvalue weighted by Gasteiger charge is 2.41. The summed E-state index contributed by atoms with van der Waals surface area (Å²) in [6.45, 7) is -0.0501. The lowest BCUT2D eigenvalue weighted by atomic mass is 9.96. The van der Waals surface area contributed by atoms with Crippen molar-refractivity contribution >= 4 is 16.0 Å². The monoisotopic (exact) mass is 352 g/mol. The van der Waals surface area contributed by atoms with Crippen molar-refractivity contribution in [2.45, 2.75) is 30.3 Å². The molecular weight excluding hydrogens is 337 g/mol. The van der Waals surface area contributed by atoms with Crippen molar-refractivity contribution in [1.29, 1.82) is 0 Å². The van der Waals surface area contributed by atoms with E-state index in [4.69, 9.17) is 5.11 Å². The number of alkyl halides is 3. The van der Waals surface area contributed by atoms with Gasteiger partial charge in [-0.2, -0.15) is 17.5 Å². The van der Waals surface area contributed by atoms with E-state index in [1.807, 2.05) is 0 Å². The fourth-order valence-electron chi connectivity index (χ4n) is 2.61. The van der Waals surface area contributed by atoms with E-state index < -0.39 is 38.7 Å². The van der Waals surface area contributed by atoms with Gasteiger partial charge in [0.15, 0.2) is 5.69 Å². The largest absolute Gasteiger partial charge is 0.481 e. The lowest BCUT2D eigenvalue weighted by Gasteiger charge is -2.31. The van der Waals surface area contributed by atoms with Gasteiger partial charge in [0.05, 0.1) is 0 Å². The molecule has 2 rings (SSSR count). The number of aliphatic carboxylic acids is 1. The Balaban J connectivity index is 2.34. The molecule has 0 aliphatic carbocycles. The van der Waals surface area contributed by atoms with E-state index in [2.05, 4.69) is 4.98 Å². The molecule has 1 atom stereocenters. The van der Waals surface area contributed by atoms with Crippen LogP contribution in [0.1, 0.15) is 25.0 Å². The van der Waals surface area contributed by atoms with Crippen molar-refractivity contribution in [3.8, 4) is 0 Å². The minimum absolute atomic E-state index is 0.0602. The molecule has 1 N–H and O–H groups in total. The van der Waals surface area contributed by atoms with Gasteiger partial charge >= 0.3 is 12.1 Å². The number of piperidine rings is 1. The van der Waals surface area contributed by atoms with Gasteiger partial charge in [0.1, 0.15) is 4.90 Å². The van der Waals surface area contributed by atoms with E-state index in [0.717, 1.165) is 22.6 Å². The zero-order chi connectivity index (χ0) is 17.3. The van der Waals surface area contributed by atoms with Crippen molar-refractivity contribution in [3.63, 3.8) is 0 Å². The van der Waals surface area contributed by atoms with Crippen molar-refractivity contribution in [2.75, 3.05) is 13.1 Å². The van der Waals surface area contributed by atoms with Gasteiger partial charge < -0.3 is 5.11 Å². The van der Waals surface area contributed by atoms with Gasteiger partial charge in [0.2, 0.25) is 10.0 Å². The maximum Gasteiger partial charge on any atom is 0.434 e. The SMILES string of the molecule is O=C(O)CC1CCCN(S(=O)(=O)c2cccnc2C(F)(F)F)C1. The summed E-state index contributed by atoms with van der Waals surface area (Å²) in [5.41, 5.74) is -1.46. The number of hydrogen-bond donors (Lipinski definition) is 1. The van der Waals surface area contributed by atoms with Gasteiger partial charge in [-0.1, -0.05) is 0 Å². The first-order valence-electron chi connectivity index (χ1n) is 6.86. The van der Waals surface area contributed by atoms with Crippen LogP contribution in [0.4, 0.5) is 13.2 Å². The molecule has 128 valence electrons. The van der Waals surface area contributed by atoms with Crippen LogP contribution in [0.2, 0.25) is 0 Å². The smallest absolute Gasteiger partial charge is 0.434 e. The number of aromatic nitrogens is 1. The van der Waals surface area contributed by atoms with Crippen molar-refractivity contribution in [1.82, 2.24) is 9.29 Å². The second kappa shape index (κ2) is 6.44. The highest BCUT2D eigenvalue weighted by Crippen LogP contribution is 2.34. The predicted molar refractivity (Wildman–Crippen MR) is 73.0 cm³/mol. The van der Waals surface area contributed by atoms with E-state index in [1.165, 1.54) is 0 Å². The molecule has 10 heteroatoms. The molecule has 0 aromatic carbocycles. The Hall–Kier alpha value is -1.68. The normalized spacial score (nSPS) is 20.4. The number of carboxylic acids is 1. The summed E-state index contributed by atoms with van der Waals surface area (Å²) in [5, 5.41) is 8.80. The number of carboxylic acid groups (broad SMARTS) is 1. The molecule has 0 saturated carbocycles. The topological polar surface area (TPSA) is 87.6 Å². The summed E-state index contributed by atoms with van der Waals surface area (Å²) in [4.78, 5) is 13.0. The molecule has 1 aromatic rings. The molecule has 1 aromatic heterocycles. The second-order valence-corrected chi connectivity index (χ2v) is 7.22. The lowest BCUT2D eigenvalue weighted by Crippen LogP contribution is -2.41. The summed E-state index contributed by atoms with van der Waals surface area (Å²) in [5.74, 6) is -1.48. The maximum absolute atomic E-state index is 13.0. The number of pyridine rings is 1. The van der Waals surface area contributed by atoms with Crippen LogP contribution in [0.3, 0.4) is 0 Å². The molecule has 0 bridgehead atoms. The minimum Gasteiger partial charge on any atom is -0.481 e. The molecule has 0 amide bonds. The zero-order valence-corrected chi connectivity index (χ0v) is 12.8. The summed E-state index contributed by atoms with van der Waals surface area (Å²) in [7, 11) is -4.39. The third-order valence-corrected chi connectivity index (χ3v) is 5.50. The van der Waals surface area contributed by atoms with Crippen molar-refractivity contribution < 1.29 is 31.5 Å². The highest BCUT2D eigenvalue weighted by atomic mass is 32.2. The van der Waals surface area contributed by atoms with Crippen LogP contribution < -0.4 is 0 Å². The molecule has 23 heavy (non-hydrogen) atoms. The Morgan fingerprint density at radius 2 is 2.13 bits per heavy atom.